The SMILES string of the molecule is CC1CN(C(C)(C)C)CC1c1ccc(F)cc1.Cc1ccccc1.O=CN1CCOC1=O. The molecule has 32 heavy (non-hydrogen) atoms. The number of amides is 2. The highest BCUT2D eigenvalue weighted by Crippen LogP contribution is 2.35. The van der Waals surface area contributed by atoms with Crippen LogP contribution in [0, 0.1) is 18.7 Å². The molecule has 2 heterocycles. The second-order valence-electron chi connectivity index (χ2n) is 9.28. The van der Waals surface area contributed by atoms with Gasteiger partial charge < -0.3 is 4.74 Å². The Kier molecular flexibility index (Phi) is 9.39. The first kappa shape index (κ1) is 25.5. The fourth-order valence-corrected chi connectivity index (χ4v) is 3.69. The predicted octanol–water partition coefficient (Wildman–Crippen LogP) is 5.25. The molecule has 2 unspecified atom stereocenters. The highest BCUT2D eigenvalue weighted by Gasteiger charge is 2.35. The van der Waals surface area contributed by atoms with Crippen molar-refractivity contribution in [3.05, 3.63) is 71.5 Å². The van der Waals surface area contributed by atoms with Gasteiger partial charge in [-0.2, -0.15) is 0 Å². The largest absolute Gasteiger partial charge is 0.447 e. The number of likely N-dealkylation sites (tertiary alicyclic amines) is 1. The first-order chi connectivity index (χ1) is 15.1. The summed E-state index contributed by atoms with van der Waals surface area (Å²) in [5.41, 5.74) is 2.82. The maximum Gasteiger partial charge on any atom is 0.416 e. The van der Waals surface area contributed by atoms with Gasteiger partial charge in [-0.1, -0.05) is 55.0 Å². The molecular formula is C26H35FN2O3. The van der Waals surface area contributed by atoms with Gasteiger partial charge in [-0.25, -0.2) is 14.1 Å². The lowest BCUT2D eigenvalue weighted by Crippen LogP contribution is -2.39. The molecule has 0 radical (unpaired) electrons. The summed E-state index contributed by atoms with van der Waals surface area (Å²) < 4.78 is 17.3. The third kappa shape index (κ3) is 7.75. The summed E-state index contributed by atoms with van der Waals surface area (Å²) in [4.78, 5) is 23.6. The van der Waals surface area contributed by atoms with Gasteiger partial charge in [-0.05, 0) is 51.3 Å². The van der Waals surface area contributed by atoms with Gasteiger partial charge >= 0.3 is 6.09 Å². The van der Waals surface area contributed by atoms with Crippen molar-refractivity contribution in [3.8, 4) is 0 Å². The molecule has 2 aliphatic rings. The molecule has 2 saturated heterocycles. The minimum absolute atomic E-state index is 0.146. The van der Waals surface area contributed by atoms with Crippen LogP contribution in [0.3, 0.4) is 0 Å². The second-order valence-corrected chi connectivity index (χ2v) is 9.28. The van der Waals surface area contributed by atoms with E-state index in [9.17, 15) is 14.0 Å². The van der Waals surface area contributed by atoms with Gasteiger partial charge in [0.05, 0.1) is 6.54 Å². The summed E-state index contributed by atoms with van der Waals surface area (Å²) in [6, 6.07) is 17.3. The molecule has 6 heteroatoms. The van der Waals surface area contributed by atoms with Crippen LogP contribution in [0.4, 0.5) is 9.18 Å². The Bertz CT molecular complexity index is 850. The maximum atomic E-state index is 12.9. The van der Waals surface area contributed by atoms with Crippen LogP contribution in [0.2, 0.25) is 0 Å². The van der Waals surface area contributed by atoms with E-state index in [1.54, 1.807) is 12.1 Å². The summed E-state index contributed by atoms with van der Waals surface area (Å²) in [5.74, 6) is 1.03. The molecule has 2 aliphatic heterocycles. The zero-order valence-corrected chi connectivity index (χ0v) is 19.8. The number of imide groups is 1. The number of hydrogen-bond acceptors (Lipinski definition) is 4. The third-order valence-corrected chi connectivity index (χ3v) is 5.72. The molecular weight excluding hydrogens is 407 g/mol. The number of hydrogen-bond donors (Lipinski definition) is 0. The molecule has 4 rings (SSSR count). The van der Waals surface area contributed by atoms with Gasteiger partial charge in [0.25, 0.3) is 0 Å². The van der Waals surface area contributed by atoms with Crippen LogP contribution in [-0.4, -0.2) is 54.1 Å². The second kappa shape index (κ2) is 11.8. The summed E-state index contributed by atoms with van der Waals surface area (Å²) in [7, 11) is 0. The first-order valence-electron chi connectivity index (χ1n) is 11.0. The zero-order chi connectivity index (χ0) is 23.7. The molecule has 2 aromatic rings. The molecule has 2 aromatic carbocycles. The fraction of sp³-hybridized carbons (Fsp3) is 0.462. The molecule has 5 nitrogen and oxygen atoms in total. The molecule has 0 aliphatic carbocycles. The van der Waals surface area contributed by atoms with Crippen molar-refractivity contribution in [2.45, 2.75) is 46.1 Å². The number of nitrogens with zero attached hydrogens (tertiary/aromatic N) is 2. The lowest BCUT2D eigenvalue weighted by atomic mass is 9.90. The van der Waals surface area contributed by atoms with Gasteiger partial charge in [-0.3, -0.25) is 9.69 Å². The lowest BCUT2D eigenvalue weighted by molar-refractivity contribution is -0.115. The number of ether oxygens (including phenoxy) is 1. The number of carbonyl (C=O) groups is 2. The number of cyclic esters (lactones) is 1. The summed E-state index contributed by atoms with van der Waals surface area (Å²) >= 11 is 0. The Labute approximate surface area is 191 Å². The summed E-state index contributed by atoms with van der Waals surface area (Å²) in [5, 5.41) is 0. The van der Waals surface area contributed by atoms with Crippen LogP contribution in [0.15, 0.2) is 54.6 Å². The van der Waals surface area contributed by atoms with Gasteiger partial charge in [0.2, 0.25) is 6.41 Å². The number of halogens is 1. The van der Waals surface area contributed by atoms with Gasteiger partial charge in [0.15, 0.2) is 0 Å². The van der Waals surface area contributed by atoms with Crippen LogP contribution in [0.1, 0.15) is 44.7 Å². The Balaban J connectivity index is 0.000000199. The molecule has 2 amide bonds. The van der Waals surface area contributed by atoms with Crippen molar-refractivity contribution in [1.29, 1.82) is 0 Å². The maximum absolute atomic E-state index is 12.9. The average Bonchev–Trinajstić information content (AvgIpc) is 3.35. The molecule has 174 valence electrons. The minimum Gasteiger partial charge on any atom is -0.447 e. The Morgan fingerprint density at radius 3 is 2.03 bits per heavy atom. The molecule has 2 atom stereocenters. The van der Waals surface area contributed by atoms with Crippen molar-refractivity contribution in [1.82, 2.24) is 9.80 Å². The topological polar surface area (TPSA) is 49.9 Å². The van der Waals surface area contributed by atoms with Crippen molar-refractivity contribution >= 4 is 12.5 Å². The number of rotatable bonds is 2. The van der Waals surface area contributed by atoms with Crippen molar-refractivity contribution < 1.29 is 18.7 Å². The van der Waals surface area contributed by atoms with Gasteiger partial charge in [0.1, 0.15) is 12.4 Å². The fourth-order valence-electron chi connectivity index (χ4n) is 3.69. The first-order valence-corrected chi connectivity index (χ1v) is 11.0. The Morgan fingerprint density at radius 2 is 1.66 bits per heavy atom. The van der Waals surface area contributed by atoms with E-state index in [4.69, 9.17) is 0 Å². The molecule has 0 bridgehead atoms. The Hall–Kier alpha value is -2.73. The van der Waals surface area contributed by atoms with Crippen LogP contribution in [0.5, 0.6) is 0 Å². The smallest absolute Gasteiger partial charge is 0.416 e. The summed E-state index contributed by atoms with van der Waals surface area (Å²) in [6.07, 6.45) is -0.0741. The van der Waals surface area contributed by atoms with E-state index < -0.39 is 6.09 Å². The Morgan fingerprint density at radius 1 is 1.03 bits per heavy atom. The van der Waals surface area contributed by atoms with E-state index >= 15 is 0 Å². The van der Waals surface area contributed by atoms with Crippen LogP contribution in [0.25, 0.3) is 0 Å². The van der Waals surface area contributed by atoms with E-state index in [2.05, 4.69) is 56.4 Å². The van der Waals surface area contributed by atoms with Crippen molar-refractivity contribution in [3.63, 3.8) is 0 Å². The monoisotopic (exact) mass is 442 g/mol. The van der Waals surface area contributed by atoms with Crippen LogP contribution >= 0.6 is 0 Å². The third-order valence-electron chi connectivity index (χ3n) is 5.72. The highest BCUT2D eigenvalue weighted by atomic mass is 19.1. The van der Waals surface area contributed by atoms with Crippen molar-refractivity contribution in [2.75, 3.05) is 26.2 Å². The number of benzene rings is 2. The highest BCUT2D eigenvalue weighted by molar-refractivity contribution is 5.81. The number of carbonyl (C=O) groups excluding carboxylic acids is 2. The van der Waals surface area contributed by atoms with Gasteiger partial charge in [-0.15, -0.1) is 0 Å². The van der Waals surface area contributed by atoms with Crippen molar-refractivity contribution in [2.24, 2.45) is 5.92 Å². The van der Waals surface area contributed by atoms with E-state index in [1.165, 1.54) is 11.1 Å². The molecule has 0 N–H and O–H groups in total. The van der Waals surface area contributed by atoms with E-state index in [1.807, 2.05) is 30.3 Å². The summed E-state index contributed by atoms with van der Waals surface area (Å²) in [6.45, 7) is 14.1. The van der Waals surface area contributed by atoms with E-state index in [0.29, 0.717) is 31.4 Å². The zero-order valence-electron chi connectivity index (χ0n) is 19.8. The quantitative estimate of drug-likeness (QED) is 0.596. The molecule has 2 fully saturated rings. The number of aryl methyl sites for hydroxylation is 1. The van der Waals surface area contributed by atoms with E-state index in [0.717, 1.165) is 18.0 Å². The van der Waals surface area contributed by atoms with Crippen LogP contribution in [-0.2, 0) is 9.53 Å². The van der Waals surface area contributed by atoms with Crippen LogP contribution < -0.4 is 0 Å². The van der Waals surface area contributed by atoms with Gasteiger partial charge in [0, 0.05) is 24.5 Å². The predicted molar refractivity (Wildman–Crippen MR) is 125 cm³/mol. The minimum atomic E-state index is -0.542. The molecule has 0 saturated carbocycles. The molecule has 0 aromatic heterocycles. The lowest BCUT2D eigenvalue weighted by Gasteiger charge is -2.31. The standard InChI is InChI=1S/C15H22FN.C7H8.C4H5NO3/c1-11-9-17(15(2,3)4)10-14(11)12-5-7-13(16)8-6-12;1-7-5-3-2-4-6-7;6-3-5-1-2-8-4(5)7/h5-8,11,14H,9-10H2,1-4H3;2-6H,1H3;3H,1-2H2. The average molecular weight is 443 g/mol. The van der Waals surface area contributed by atoms with E-state index in [-0.39, 0.29) is 11.4 Å². The molecule has 0 spiro atoms. The normalized spacial score (nSPS) is 20.6.